The normalized spacial score (nSPS) is 13.3. The molecule has 0 saturated carbocycles. The fourth-order valence-corrected chi connectivity index (χ4v) is 4.17. The summed E-state index contributed by atoms with van der Waals surface area (Å²) in [5.74, 6) is -0.680. The second-order valence-corrected chi connectivity index (χ2v) is 8.75. The van der Waals surface area contributed by atoms with Crippen LogP contribution < -0.4 is 9.47 Å². The zero-order chi connectivity index (χ0) is 27.7. The van der Waals surface area contributed by atoms with Gasteiger partial charge in [0.2, 0.25) is 5.60 Å². The lowest BCUT2D eigenvalue weighted by atomic mass is 9.89. The largest absolute Gasteiger partial charge is 0.494 e. The number of fused-ring (bicyclic) bond motifs is 1. The minimum Gasteiger partial charge on any atom is -0.494 e. The highest BCUT2D eigenvalue weighted by Gasteiger charge is 2.56. The number of aliphatic hydroxyl groups is 1. The lowest BCUT2D eigenvalue weighted by Crippen LogP contribution is -2.43. The number of benzene rings is 2. The average Bonchev–Trinajstić information content (AvgIpc) is 2.91. The van der Waals surface area contributed by atoms with Crippen LogP contribution in [-0.2, 0) is 5.60 Å². The number of aryl methyl sites for hydroxylation is 1. The van der Waals surface area contributed by atoms with E-state index < -0.39 is 41.9 Å². The van der Waals surface area contributed by atoms with Gasteiger partial charge in [-0.3, -0.25) is 9.78 Å². The Balaban J connectivity index is 1.70. The summed E-state index contributed by atoms with van der Waals surface area (Å²) in [5.41, 5.74) is -2.97. The van der Waals surface area contributed by atoms with Crippen LogP contribution >= 0.6 is 0 Å². The minimum absolute atomic E-state index is 0.00568. The van der Waals surface area contributed by atoms with E-state index in [4.69, 9.17) is 9.47 Å². The predicted molar refractivity (Wildman–Crippen MR) is 133 cm³/mol. The maximum absolute atomic E-state index is 14.3. The molecular formula is C28H24F4N2O4. The highest BCUT2D eigenvalue weighted by Crippen LogP contribution is 2.44. The van der Waals surface area contributed by atoms with E-state index in [9.17, 15) is 27.5 Å². The zero-order valence-corrected chi connectivity index (χ0v) is 20.8. The summed E-state index contributed by atoms with van der Waals surface area (Å²) in [4.78, 5) is 21.3. The van der Waals surface area contributed by atoms with E-state index in [1.54, 1.807) is 18.3 Å². The van der Waals surface area contributed by atoms with Gasteiger partial charge in [0.15, 0.2) is 5.78 Å². The molecule has 0 bridgehead atoms. The first kappa shape index (κ1) is 27.0. The van der Waals surface area contributed by atoms with Crippen molar-refractivity contribution in [1.29, 1.82) is 0 Å². The van der Waals surface area contributed by atoms with Gasteiger partial charge in [-0.25, -0.2) is 9.37 Å². The van der Waals surface area contributed by atoms with Gasteiger partial charge >= 0.3 is 6.18 Å². The topological polar surface area (TPSA) is 81.5 Å². The number of alkyl halides is 3. The molecular weight excluding hydrogens is 504 g/mol. The van der Waals surface area contributed by atoms with E-state index in [1.807, 2.05) is 0 Å². The van der Waals surface area contributed by atoms with Gasteiger partial charge < -0.3 is 14.6 Å². The Labute approximate surface area is 215 Å². The summed E-state index contributed by atoms with van der Waals surface area (Å²) in [6, 6.07) is 12.5. The summed E-state index contributed by atoms with van der Waals surface area (Å²) >= 11 is 0. The molecule has 0 amide bonds. The monoisotopic (exact) mass is 528 g/mol. The molecule has 6 nitrogen and oxygen atoms in total. The van der Waals surface area contributed by atoms with E-state index in [2.05, 4.69) is 9.97 Å². The van der Waals surface area contributed by atoms with Crippen LogP contribution in [0.3, 0.4) is 0 Å². The fourth-order valence-electron chi connectivity index (χ4n) is 4.17. The molecule has 2 aromatic carbocycles. The lowest BCUT2D eigenvalue weighted by Gasteiger charge is -2.30. The van der Waals surface area contributed by atoms with E-state index in [0.717, 1.165) is 6.07 Å². The van der Waals surface area contributed by atoms with Crippen molar-refractivity contribution in [2.45, 2.75) is 31.5 Å². The number of aromatic nitrogens is 2. The summed E-state index contributed by atoms with van der Waals surface area (Å²) in [6.45, 7) is 1.50. The van der Waals surface area contributed by atoms with Crippen LogP contribution in [0.15, 0.2) is 60.8 Å². The Morgan fingerprint density at radius 1 is 1.00 bits per heavy atom. The molecule has 4 aromatic rings. The van der Waals surface area contributed by atoms with Crippen molar-refractivity contribution in [3.05, 3.63) is 83.4 Å². The maximum Gasteiger partial charge on any atom is 0.422 e. The van der Waals surface area contributed by atoms with Crippen molar-refractivity contribution in [3.63, 3.8) is 0 Å². The third-order valence-corrected chi connectivity index (χ3v) is 6.33. The number of carbonyl (C=O) groups is 1. The van der Waals surface area contributed by atoms with Gasteiger partial charge in [0, 0.05) is 29.1 Å². The van der Waals surface area contributed by atoms with Crippen molar-refractivity contribution >= 4 is 16.7 Å². The quantitative estimate of drug-likeness (QED) is 0.218. The summed E-state index contributed by atoms with van der Waals surface area (Å²) < 4.78 is 67.2. The van der Waals surface area contributed by atoms with Gasteiger partial charge in [-0.05, 0) is 67.4 Å². The molecule has 0 radical (unpaired) electrons. The number of Topliss-reactive ketones (excluding diaryl/α,β-unsaturated/α-hetero) is 1. The zero-order valence-electron chi connectivity index (χ0n) is 20.8. The molecule has 4 rings (SSSR count). The van der Waals surface area contributed by atoms with Gasteiger partial charge in [0.05, 0.1) is 19.9 Å². The third kappa shape index (κ3) is 5.04. The number of rotatable bonds is 8. The Morgan fingerprint density at radius 3 is 2.39 bits per heavy atom. The first-order valence-corrected chi connectivity index (χ1v) is 11.6. The number of ketones is 1. The van der Waals surface area contributed by atoms with E-state index in [0.29, 0.717) is 22.2 Å². The number of hydrogen-bond donors (Lipinski definition) is 1. The van der Waals surface area contributed by atoms with E-state index >= 15 is 0 Å². The number of carbonyl (C=O) groups excluding carboxylic acids is 1. The van der Waals surface area contributed by atoms with Gasteiger partial charge in [0.25, 0.3) is 0 Å². The summed E-state index contributed by atoms with van der Waals surface area (Å²) in [6.07, 6.45) is -5.22. The number of ether oxygens (including phenoxy) is 2. The van der Waals surface area contributed by atoms with Gasteiger partial charge in [-0.15, -0.1) is 0 Å². The van der Waals surface area contributed by atoms with Crippen LogP contribution in [0.4, 0.5) is 17.6 Å². The third-order valence-electron chi connectivity index (χ3n) is 6.33. The molecule has 0 spiro atoms. The van der Waals surface area contributed by atoms with E-state index in [-0.39, 0.29) is 22.6 Å². The molecule has 0 fully saturated rings. The molecule has 0 aliphatic heterocycles. The fraction of sp³-hybridized carbons (Fsp3) is 0.250. The second-order valence-electron chi connectivity index (χ2n) is 8.75. The molecule has 38 heavy (non-hydrogen) atoms. The number of methoxy groups -OCH3 is 2. The summed E-state index contributed by atoms with van der Waals surface area (Å²) in [7, 11) is 2.72. The predicted octanol–water partition coefficient (Wildman–Crippen LogP) is 6.17. The number of pyridine rings is 2. The molecule has 0 saturated heterocycles. The number of hydrogen-bond acceptors (Lipinski definition) is 6. The number of halogens is 4. The smallest absolute Gasteiger partial charge is 0.422 e. The highest BCUT2D eigenvalue weighted by atomic mass is 19.4. The standard InChI is InChI=1S/C28H24F4N2O4/c1-16-13-18(6-7-20(16)29)26-22(37-2)8-9-24(34-26)27(36,28(30,31)32)11-10-21(35)19-14-17-5-4-12-33-25(17)23(15-19)38-3/h4-9,12-15,36H,10-11H2,1-3H3. The second kappa shape index (κ2) is 10.4. The van der Waals surface area contributed by atoms with Crippen LogP contribution in [0.25, 0.3) is 22.2 Å². The van der Waals surface area contributed by atoms with Crippen LogP contribution in [0.1, 0.15) is 34.5 Å². The maximum atomic E-state index is 14.3. The van der Waals surface area contributed by atoms with Crippen molar-refractivity contribution in [2.75, 3.05) is 14.2 Å². The van der Waals surface area contributed by atoms with E-state index in [1.165, 1.54) is 57.5 Å². The van der Waals surface area contributed by atoms with Crippen LogP contribution in [0, 0.1) is 12.7 Å². The molecule has 0 aliphatic carbocycles. The lowest BCUT2D eigenvalue weighted by molar-refractivity contribution is -0.270. The minimum atomic E-state index is -5.16. The van der Waals surface area contributed by atoms with Crippen molar-refractivity contribution in [1.82, 2.24) is 9.97 Å². The van der Waals surface area contributed by atoms with Crippen LogP contribution in [0.2, 0.25) is 0 Å². The molecule has 1 atom stereocenters. The van der Waals surface area contributed by atoms with Gasteiger partial charge in [0.1, 0.15) is 28.5 Å². The Hall–Kier alpha value is -4.05. The van der Waals surface area contributed by atoms with Crippen LogP contribution in [-0.4, -0.2) is 41.3 Å². The molecule has 2 aromatic heterocycles. The molecule has 198 valence electrons. The molecule has 1 N–H and O–H groups in total. The number of nitrogens with zero attached hydrogens (tertiary/aromatic N) is 2. The van der Waals surface area contributed by atoms with Crippen LogP contribution in [0.5, 0.6) is 11.5 Å². The molecule has 10 heteroatoms. The average molecular weight is 529 g/mol. The van der Waals surface area contributed by atoms with Crippen molar-refractivity contribution in [3.8, 4) is 22.8 Å². The first-order chi connectivity index (χ1) is 18.0. The highest BCUT2D eigenvalue weighted by molar-refractivity contribution is 6.01. The Bertz CT molecular complexity index is 1510. The van der Waals surface area contributed by atoms with Gasteiger partial charge in [-0.2, -0.15) is 13.2 Å². The molecule has 1 unspecified atom stereocenters. The summed E-state index contributed by atoms with van der Waals surface area (Å²) in [5, 5.41) is 11.5. The van der Waals surface area contributed by atoms with Crippen molar-refractivity contribution < 1.29 is 36.9 Å². The molecule has 2 heterocycles. The Morgan fingerprint density at radius 2 is 1.74 bits per heavy atom. The molecule has 0 aliphatic rings. The first-order valence-electron chi connectivity index (χ1n) is 11.6. The van der Waals surface area contributed by atoms with Gasteiger partial charge in [-0.1, -0.05) is 6.07 Å². The Kier molecular flexibility index (Phi) is 7.37. The SMILES string of the molecule is COc1ccc(C(O)(CCC(=O)c2cc(OC)c3ncccc3c2)C(F)(F)F)nc1-c1ccc(F)c(C)c1. The van der Waals surface area contributed by atoms with Crippen molar-refractivity contribution in [2.24, 2.45) is 0 Å².